The quantitative estimate of drug-likeness (QED) is 0.682. The van der Waals surface area contributed by atoms with E-state index in [4.69, 9.17) is 4.74 Å². The molecule has 0 aliphatic rings. The monoisotopic (exact) mass is 339 g/mol. The number of carbonyl (C=O) groups is 1. The second kappa shape index (κ2) is 7.04. The number of benzene rings is 2. The molecule has 128 valence electrons. The lowest BCUT2D eigenvalue weighted by Gasteiger charge is -2.10. The number of aromatic nitrogens is 2. The first-order valence-corrected chi connectivity index (χ1v) is 7.74. The van der Waals surface area contributed by atoms with Crippen LogP contribution < -0.4 is 21.2 Å². The number of para-hydroxylation sites is 2. The highest BCUT2D eigenvalue weighted by Gasteiger charge is 2.09. The molecule has 0 aliphatic carbocycles. The van der Waals surface area contributed by atoms with E-state index in [0.717, 1.165) is 0 Å². The average molecular weight is 339 g/mol. The minimum Gasteiger partial charge on any atom is -0.497 e. The van der Waals surface area contributed by atoms with Gasteiger partial charge in [-0.1, -0.05) is 12.1 Å². The van der Waals surface area contributed by atoms with Crippen LogP contribution in [-0.4, -0.2) is 29.1 Å². The lowest BCUT2D eigenvalue weighted by atomic mass is 10.2. The van der Waals surface area contributed by atoms with Crippen LogP contribution in [0.25, 0.3) is 11.0 Å². The number of carbonyl (C=O) groups excluding carboxylic acids is 1. The van der Waals surface area contributed by atoms with Crippen LogP contribution in [-0.2, 0) is 6.54 Å². The lowest BCUT2D eigenvalue weighted by molar-refractivity contribution is 0.0952. The summed E-state index contributed by atoms with van der Waals surface area (Å²) in [7, 11) is 1.55. The van der Waals surface area contributed by atoms with Crippen molar-refractivity contribution in [2.45, 2.75) is 6.54 Å². The van der Waals surface area contributed by atoms with Crippen LogP contribution >= 0.6 is 0 Å². The molecular weight excluding hydrogens is 322 g/mol. The van der Waals surface area contributed by atoms with Crippen LogP contribution in [0.15, 0.2) is 58.1 Å². The molecule has 3 aromatic rings. The molecule has 7 nitrogen and oxygen atoms in total. The Balaban J connectivity index is 1.74. The van der Waals surface area contributed by atoms with Gasteiger partial charge in [-0.05, 0) is 36.4 Å². The van der Waals surface area contributed by atoms with E-state index < -0.39 is 11.1 Å². The van der Waals surface area contributed by atoms with Crippen molar-refractivity contribution in [2.75, 3.05) is 13.7 Å². The second-order valence-corrected chi connectivity index (χ2v) is 5.41. The topological polar surface area (TPSA) is 93.2 Å². The van der Waals surface area contributed by atoms with Crippen LogP contribution in [0, 0.1) is 0 Å². The van der Waals surface area contributed by atoms with Gasteiger partial charge in [-0.25, -0.2) is 0 Å². The van der Waals surface area contributed by atoms with E-state index in [2.05, 4.69) is 10.3 Å². The largest absolute Gasteiger partial charge is 0.497 e. The zero-order valence-electron chi connectivity index (χ0n) is 13.6. The predicted molar refractivity (Wildman–Crippen MR) is 94.2 cm³/mol. The summed E-state index contributed by atoms with van der Waals surface area (Å²) in [5.74, 6) is 0.405. The molecular formula is C18H17N3O4. The van der Waals surface area contributed by atoms with Crippen molar-refractivity contribution in [3.8, 4) is 5.75 Å². The predicted octanol–water partition coefficient (Wildman–Crippen LogP) is 1.13. The number of fused-ring (bicyclic) bond motifs is 1. The summed E-state index contributed by atoms with van der Waals surface area (Å²) in [5, 5.41) is 2.74. The molecule has 1 heterocycles. The van der Waals surface area contributed by atoms with Gasteiger partial charge in [0.05, 0.1) is 18.1 Å². The molecule has 0 aliphatic heterocycles. The summed E-state index contributed by atoms with van der Waals surface area (Å²) >= 11 is 0. The highest BCUT2D eigenvalue weighted by Crippen LogP contribution is 2.11. The highest BCUT2D eigenvalue weighted by atomic mass is 16.5. The first-order valence-electron chi connectivity index (χ1n) is 7.74. The molecule has 2 N–H and O–H groups in total. The third-order valence-corrected chi connectivity index (χ3v) is 3.86. The Hall–Kier alpha value is -3.35. The van der Waals surface area contributed by atoms with Crippen molar-refractivity contribution in [3.63, 3.8) is 0 Å². The maximum absolute atomic E-state index is 12.1. The summed E-state index contributed by atoms with van der Waals surface area (Å²) in [4.78, 5) is 38.5. The second-order valence-electron chi connectivity index (χ2n) is 5.41. The molecule has 7 heteroatoms. The van der Waals surface area contributed by atoms with Gasteiger partial charge in [0.25, 0.3) is 5.91 Å². The number of hydrogen-bond acceptors (Lipinski definition) is 4. The number of aromatic amines is 1. The fraction of sp³-hybridized carbons (Fsp3) is 0.167. The Bertz CT molecular complexity index is 1020. The van der Waals surface area contributed by atoms with E-state index in [1.165, 1.54) is 4.57 Å². The van der Waals surface area contributed by atoms with Gasteiger partial charge in [-0.2, -0.15) is 0 Å². The summed E-state index contributed by atoms with van der Waals surface area (Å²) in [6, 6.07) is 13.7. The molecule has 0 unspecified atom stereocenters. The zero-order valence-corrected chi connectivity index (χ0v) is 13.6. The van der Waals surface area contributed by atoms with E-state index in [1.807, 2.05) is 0 Å². The van der Waals surface area contributed by atoms with Crippen molar-refractivity contribution in [1.82, 2.24) is 14.9 Å². The van der Waals surface area contributed by atoms with Crippen LogP contribution in [0.5, 0.6) is 5.75 Å². The van der Waals surface area contributed by atoms with Gasteiger partial charge in [0.1, 0.15) is 5.75 Å². The number of rotatable bonds is 5. The van der Waals surface area contributed by atoms with E-state index in [-0.39, 0.29) is 19.0 Å². The number of hydrogen-bond donors (Lipinski definition) is 2. The van der Waals surface area contributed by atoms with Gasteiger partial charge in [-0.15, -0.1) is 0 Å². The summed E-state index contributed by atoms with van der Waals surface area (Å²) in [5.41, 5.74) is 0.362. The molecule has 1 aromatic heterocycles. The Morgan fingerprint density at radius 2 is 1.84 bits per heavy atom. The third-order valence-electron chi connectivity index (χ3n) is 3.86. The van der Waals surface area contributed by atoms with Crippen LogP contribution in [0.1, 0.15) is 10.4 Å². The number of nitrogens with zero attached hydrogens (tertiary/aromatic N) is 1. The maximum atomic E-state index is 12.1. The van der Waals surface area contributed by atoms with Crippen molar-refractivity contribution < 1.29 is 9.53 Å². The van der Waals surface area contributed by atoms with Crippen molar-refractivity contribution in [1.29, 1.82) is 0 Å². The van der Waals surface area contributed by atoms with Gasteiger partial charge in [0.2, 0.25) is 0 Å². The van der Waals surface area contributed by atoms with E-state index >= 15 is 0 Å². The van der Waals surface area contributed by atoms with Gasteiger partial charge < -0.3 is 19.6 Å². The molecule has 1 amide bonds. The van der Waals surface area contributed by atoms with Crippen LogP contribution in [0.3, 0.4) is 0 Å². The number of ether oxygens (including phenoxy) is 1. The van der Waals surface area contributed by atoms with Crippen molar-refractivity contribution >= 4 is 16.9 Å². The molecule has 0 fully saturated rings. The number of H-pyrrole nitrogens is 1. The zero-order chi connectivity index (χ0) is 17.8. The Labute approximate surface area is 142 Å². The Morgan fingerprint density at radius 3 is 2.56 bits per heavy atom. The average Bonchev–Trinajstić information content (AvgIpc) is 2.64. The third kappa shape index (κ3) is 3.45. The minimum absolute atomic E-state index is 0.200. The Morgan fingerprint density at radius 1 is 1.12 bits per heavy atom. The van der Waals surface area contributed by atoms with E-state index in [1.54, 1.807) is 55.6 Å². The number of nitrogens with one attached hydrogen (secondary N) is 2. The molecule has 0 saturated heterocycles. The summed E-state index contributed by atoms with van der Waals surface area (Å²) < 4.78 is 6.41. The first kappa shape index (κ1) is 16.5. The fourth-order valence-electron chi connectivity index (χ4n) is 2.57. The molecule has 0 spiro atoms. The van der Waals surface area contributed by atoms with Gasteiger partial charge in [0, 0.05) is 18.7 Å². The fourth-order valence-corrected chi connectivity index (χ4v) is 2.57. The van der Waals surface area contributed by atoms with Crippen molar-refractivity contribution in [3.05, 3.63) is 74.8 Å². The normalized spacial score (nSPS) is 10.6. The highest BCUT2D eigenvalue weighted by molar-refractivity contribution is 5.94. The lowest BCUT2D eigenvalue weighted by Crippen LogP contribution is -2.39. The molecule has 2 aromatic carbocycles. The molecule has 0 radical (unpaired) electrons. The minimum atomic E-state index is -0.680. The molecule has 0 bridgehead atoms. The van der Waals surface area contributed by atoms with E-state index in [9.17, 15) is 14.4 Å². The first-order chi connectivity index (χ1) is 12.1. The number of methoxy groups -OCH3 is 1. The summed E-state index contributed by atoms with van der Waals surface area (Å²) in [6.07, 6.45) is 0. The van der Waals surface area contributed by atoms with E-state index in [0.29, 0.717) is 22.3 Å². The van der Waals surface area contributed by atoms with Crippen LogP contribution in [0.4, 0.5) is 0 Å². The standard InChI is InChI=1S/C18H17N3O4/c1-25-13-8-6-12(7-9-13)16(22)19-10-11-21-15-5-3-2-4-14(15)20-17(23)18(21)24/h2-9H,10-11H2,1H3,(H,19,22)(H,20,23). The number of amides is 1. The molecule has 0 atom stereocenters. The molecule has 3 rings (SSSR count). The molecule has 0 saturated carbocycles. The smallest absolute Gasteiger partial charge is 0.316 e. The molecule has 25 heavy (non-hydrogen) atoms. The van der Waals surface area contributed by atoms with Crippen LogP contribution in [0.2, 0.25) is 0 Å². The van der Waals surface area contributed by atoms with Gasteiger partial charge >= 0.3 is 11.1 Å². The summed E-state index contributed by atoms with van der Waals surface area (Å²) in [6.45, 7) is 0.420. The SMILES string of the molecule is COc1ccc(C(=O)NCCn2c(=O)c(=O)[nH]c3ccccc32)cc1. The maximum Gasteiger partial charge on any atom is 0.316 e. The van der Waals surface area contributed by atoms with Gasteiger partial charge in [0.15, 0.2) is 0 Å². The Kier molecular flexibility index (Phi) is 4.65. The van der Waals surface area contributed by atoms with Crippen molar-refractivity contribution in [2.24, 2.45) is 0 Å². The van der Waals surface area contributed by atoms with Gasteiger partial charge in [-0.3, -0.25) is 14.4 Å².